The quantitative estimate of drug-likeness (QED) is 0.825. The number of aromatic carboxylic acids is 1. The first-order chi connectivity index (χ1) is 8.08. The highest BCUT2D eigenvalue weighted by Crippen LogP contribution is 2.24. The molecule has 0 aliphatic carbocycles. The summed E-state index contributed by atoms with van der Waals surface area (Å²) in [6, 6.07) is 4.68. The molecule has 0 atom stereocenters. The van der Waals surface area contributed by atoms with Crippen molar-refractivity contribution in [2.45, 2.75) is 0 Å². The van der Waals surface area contributed by atoms with Crippen LogP contribution in [0.1, 0.15) is 10.4 Å². The zero-order valence-corrected chi connectivity index (χ0v) is 9.70. The molecule has 1 saturated heterocycles. The average molecular weight is 255 g/mol. The number of carboxylic acids is 1. The molecule has 1 aliphatic rings. The largest absolute Gasteiger partial charge is 0.478 e. The Balaban J connectivity index is 2.25. The highest BCUT2D eigenvalue weighted by molar-refractivity contribution is 6.33. The van der Waals surface area contributed by atoms with E-state index < -0.39 is 5.97 Å². The second-order valence-electron chi connectivity index (χ2n) is 3.74. The van der Waals surface area contributed by atoms with Crippen LogP contribution in [0, 0.1) is 0 Å². The third-order valence-electron chi connectivity index (χ3n) is 2.59. The van der Waals surface area contributed by atoms with E-state index in [1.165, 1.54) is 6.07 Å². The Morgan fingerprint density at radius 3 is 2.82 bits per heavy atom. The van der Waals surface area contributed by atoms with Crippen LogP contribution < -0.4 is 10.2 Å². The first-order valence-corrected chi connectivity index (χ1v) is 5.50. The first kappa shape index (κ1) is 11.7. The third-order valence-corrected chi connectivity index (χ3v) is 2.90. The normalized spacial score (nSPS) is 15.6. The molecule has 1 aromatic carbocycles. The molecule has 1 aromatic rings. The van der Waals surface area contributed by atoms with Gasteiger partial charge in [0.15, 0.2) is 0 Å². The minimum Gasteiger partial charge on any atom is -0.478 e. The van der Waals surface area contributed by atoms with Gasteiger partial charge in [-0.2, -0.15) is 0 Å². The summed E-state index contributed by atoms with van der Waals surface area (Å²) >= 11 is 5.87. The van der Waals surface area contributed by atoms with Crippen molar-refractivity contribution in [3.8, 4) is 0 Å². The van der Waals surface area contributed by atoms with Gasteiger partial charge in [-0.25, -0.2) is 4.79 Å². The second kappa shape index (κ2) is 4.63. The number of nitrogens with one attached hydrogen (secondary N) is 1. The van der Waals surface area contributed by atoms with Crippen molar-refractivity contribution in [2.75, 3.05) is 24.5 Å². The van der Waals surface area contributed by atoms with Gasteiger partial charge < -0.3 is 15.3 Å². The van der Waals surface area contributed by atoms with Crippen molar-refractivity contribution in [2.24, 2.45) is 0 Å². The fraction of sp³-hybridized carbons (Fsp3) is 0.273. The lowest BCUT2D eigenvalue weighted by Crippen LogP contribution is -2.47. The van der Waals surface area contributed by atoms with Gasteiger partial charge in [0, 0.05) is 18.8 Å². The van der Waals surface area contributed by atoms with Crippen LogP contribution in [0.25, 0.3) is 0 Å². The molecule has 1 amide bonds. The SMILES string of the molecule is O=C1CN(c2ccc(C(=O)O)c(Cl)c2)CCN1. The van der Waals surface area contributed by atoms with Gasteiger partial charge in [-0.3, -0.25) is 4.79 Å². The molecule has 0 saturated carbocycles. The van der Waals surface area contributed by atoms with Gasteiger partial charge in [0.25, 0.3) is 0 Å². The molecule has 17 heavy (non-hydrogen) atoms. The molecule has 0 unspecified atom stereocenters. The van der Waals surface area contributed by atoms with Crippen molar-refractivity contribution in [1.29, 1.82) is 0 Å². The second-order valence-corrected chi connectivity index (χ2v) is 4.15. The molecule has 5 nitrogen and oxygen atoms in total. The molecule has 1 fully saturated rings. The zero-order chi connectivity index (χ0) is 12.4. The molecular weight excluding hydrogens is 244 g/mol. The number of carbonyl (C=O) groups is 2. The maximum Gasteiger partial charge on any atom is 0.337 e. The number of benzene rings is 1. The molecule has 6 heteroatoms. The van der Waals surface area contributed by atoms with E-state index in [4.69, 9.17) is 16.7 Å². The molecule has 1 heterocycles. The average Bonchev–Trinajstić information content (AvgIpc) is 2.28. The monoisotopic (exact) mass is 254 g/mol. The molecule has 2 rings (SSSR count). The minimum absolute atomic E-state index is 0.0466. The predicted octanol–water partition coefficient (Wildman–Crippen LogP) is 0.974. The van der Waals surface area contributed by atoms with Gasteiger partial charge >= 0.3 is 5.97 Å². The van der Waals surface area contributed by atoms with E-state index in [1.807, 2.05) is 4.90 Å². The number of carbonyl (C=O) groups excluding carboxylic acids is 1. The topological polar surface area (TPSA) is 69.6 Å². The van der Waals surface area contributed by atoms with Crippen LogP contribution in [0.4, 0.5) is 5.69 Å². The van der Waals surface area contributed by atoms with E-state index in [2.05, 4.69) is 5.32 Å². The minimum atomic E-state index is -1.06. The van der Waals surface area contributed by atoms with E-state index >= 15 is 0 Å². The number of piperazine rings is 1. The van der Waals surface area contributed by atoms with Gasteiger partial charge in [0.05, 0.1) is 17.1 Å². The Labute approximate surface area is 103 Å². The molecule has 1 aliphatic heterocycles. The fourth-order valence-electron chi connectivity index (χ4n) is 1.73. The number of carboxylic acid groups (broad SMARTS) is 1. The van der Waals surface area contributed by atoms with Gasteiger partial charge in [0.1, 0.15) is 0 Å². The molecule has 0 radical (unpaired) electrons. The van der Waals surface area contributed by atoms with E-state index in [0.717, 1.165) is 5.69 Å². The summed E-state index contributed by atoms with van der Waals surface area (Å²) in [5.74, 6) is -1.10. The van der Waals surface area contributed by atoms with Crippen molar-refractivity contribution in [3.05, 3.63) is 28.8 Å². The summed E-state index contributed by atoms with van der Waals surface area (Å²) in [7, 11) is 0. The van der Waals surface area contributed by atoms with Crippen LogP contribution in [-0.4, -0.2) is 36.6 Å². The first-order valence-electron chi connectivity index (χ1n) is 5.12. The summed E-state index contributed by atoms with van der Waals surface area (Å²) in [5.41, 5.74) is 0.826. The lowest BCUT2D eigenvalue weighted by Gasteiger charge is -2.28. The lowest BCUT2D eigenvalue weighted by molar-refractivity contribution is -0.120. The van der Waals surface area contributed by atoms with Crippen molar-refractivity contribution in [3.63, 3.8) is 0 Å². The highest BCUT2D eigenvalue weighted by Gasteiger charge is 2.18. The molecule has 2 N–H and O–H groups in total. The van der Waals surface area contributed by atoms with Crippen LogP contribution in [0.2, 0.25) is 5.02 Å². The summed E-state index contributed by atoms with van der Waals surface area (Å²) in [5, 5.41) is 11.7. The Morgan fingerprint density at radius 2 is 2.24 bits per heavy atom. The smallest absolute Gasteiger partial charge is 0.337 e. The van der Waals surface area contributed by atoms with Gasteiger partial charge in [-0.15, -0.1) is 0 Å². The third kappa shape index (κ3) is 2.50. The Bertz CT molecular complexity index is 476. The van der Waals surface area contributed by atoms with Crippen molar-refractivity contribution < 1.29 is 14.7 Å². The van der Waals surface area contributed by atoms with E-state index in [0.29, 0.717) is 13.1 Å². The van der Waals surface area contributed by atoms with Crippen LogP contribution in [0.15, 0.2) is 18.2 Å². The molecular formula is C11H11ClN2O3. The van der Waals surface area contributed by atoms with Crippen molar-refractivity contribution >= 4 is 29.2 Å². The molecule has 0 spiro atoms. The predicted molar refractivity (Wildman–Crippen MR) is 63.6 cm³/mol. The van der Waals surface area contributed by atoms with Crippen molar-refractivity contribution in [1.82, 2.24) is 5.32 Å². The summed E-state index contributed by atoms with van der Waals surface area (Å²) in [4.78, 5) is 23.9. The van der Waals surface area contributed by atoms with Gasteiger partial charge in [-0.1, -0.05) is 11.6 Å². The zero-order valence-electron chi connectivity index (χ0n) is 8.94. The van der Waals surface area contributed by atoms with E-state index in [9.17, 15) is 9.59 Å². The van der Waals surface area contributed by atoms with E-state index in [-0.39, 0.29) is 23.0 Å². The maximum absolute atomic E-state index is 11.2. The number of anilines is 1. The fourth-order valence-corrected chi connectivity index (χ4v) is 1.99. The van der Waals surface area contributed by atoms with Gasteiger partial charge in [0.2, 0.25) is 5.91 Å². The van der Waals surface area contributed by atoms with Crippen LogP contribution in [0.3, 0.4) is 0 Å². The van der Waals surface area contributed by atoms with Gasteiger partial charge in [-0.05, 0) is 18.2 Å². The Kier molecular flexibility index (Phi) is 3.19. The summed E-state index contributed by atoms with van der Waals surface area (Å²) < 4.78 is 0. The number of hydrogen-bond donors (Lipinski definition) is 2. The maximum atomic E-state index is 11.2. The molecule has 0 bridgehead atoms. The Hall–Kier alpha value is -1.75. The molecule has 0 aromatic heterocycles. The van der Waals surface area contributed by atoms with E-state index in [1.54, 1.807) is 12.1 Å². The summed E-state index contributed by atoms with van der Waals surface area (Å²) in [6.07, 6.45) is 0. The Morgan fingerprint density at radius 1 is 1.47 bits per heavy atom. The van der Waals surface area contributed by atoms with Crippen LogP contribution >= 0.6 is 11.6 Å². The lowest BCUT2D eigenvalue weighted by atomic mass is 10.2. The number of nitrogens with zero attached hydrogens (tertiary/aromatic N) is 1. The number of hydrogen-bond acceptors (Lipinski definition) is 3. The van der Waals surface area contributed by atoms with Crippen LogP contribution in [0.5, 0.6) is 0 Å². The molecule has 90 valence electrons. The number of amides is 1. The number of halogens is 1. The standard InChI is InChI=1S/C11H11ClN2O3/c12-9-5-7(1-2-8(9)11(16)17)14-4-3-13-10(15)6-14/h1-2,5H,3-4,6H2,(H,13,15)(H,16,17). The summed E-state index contributed by atoms with van der Waals surface area (Å²) in [6.45, 7) is 1.54. The highest BCUT2D eigenvalue weighted by atomic mass is 35.5. The number of rotatable bonds is 2. The van der Waals surface area contributed by atoms with Crippen LogP contribution in [-0.2, 0) is 4.79 Å².